The van der Waals surface area contributed by atoms with E-state index in [9.17, 15) is 0 Å². The molecule has 19 heavy (non-hydrogen) atoms. The number of nitrogens with zero attached hydrogens (tertiary/aromatic N) is 3. The van der Waals surface area contributed by atoms with Crippen LogP contribution in [-0.4, -0.2) is 28.8 Å². The highest BCUT2D eigenvalue weighted by molar-refractivity contribution is 5.55. The van der Waals surface area contributed by atoms with E-state index in [1.165, 1.54) is 0 Å². The quantitative estimate of drug-likeness (QED) is 0.830. The lowest BCUT2D eigenvalue weighted by atomic mass is 10.3. The third kappa shape index (κ3) is 3.80. The van der Waals surface area contributed by atoms with Crippen molar-refractivity contribution in [3.63, 3.8) is 0 Å². The zero-order valence-corrected chi connectivity index (χ0v) is 11.1. The van der Waals surface area contributed by atoms with Gasteiger partial charge in [-0.3, -0.25) is 0 Å². The lowest BCUT2D eigenvalue weighted by Gasteiger charge is -2.07. The van der Waals surface area contributed by atoms with E-state index in [0.717, 1.165) is 24.4 Å². The van der Waals surface area contributed by atoms with Gasteiger partial charge in [0.2, 0.25) is 5.95 Å². The van der Waals surface area contributed by atoms with E-state index in [1.807, 2.05) is 24.3 Å². The number of rotatable bonds is 6. The third-order valence-corrected chi connectivity index (χ3v) is 2.46. The molecule has 0 aliphatic rings. The highest BCUT2D eigenvalue weighted by Crippen LogP contribution is 2.17. The summed E-state index contributed by atoms with van der Waals surface area (Å²) < 4.78 is 5.10. The Morgan fingerprint density at radius 2 is 2.00 bits per heavy atom. The van der Waals surface area contributed by atoms with Gasteiger partial charge >= 0.3 is 0 Å². The Labute approximate surface area is 112 Å². The van der Waals surface area contributed by atoms with Crippen molar-refractivity contribution in [3.8, 4) is 5.75 Å². The van der Waals surface area contributed by atoms with E-state index in [4.69, 9.17) is 4.74 Å². The fourth-order valence-electron chi connectivity index (χ4n) is 1.50. The monoisotopic (exact) mass is 259 g/mol. The third-order valence-electron chi connectivity index (χ3n) is 2.46. The number of aromatic nitrogens is 3. The van der Waals surface area contributed by atoms with Crippen molar-refractivity contribution in [2.24, 2.45) is 0 Å². The first-order valence-corrected chi connectivity index (χ1v) is 6.16. The molecule has 0 saturated carbocycles. The molecule has 0 spiro atoms. The highest BCUT2D eigenvalue weighted by atomic mass is 16.5. The smallest absolute Gasteiger partial charge is 0.249 e. The normalized spacial score (nSPS) is 10.0. The molecule has 0 amide bonds. The molecule has 0 aliphatic heterocycles. The van der Waals surface area contributed by atoms with Crippen LogP contribution in [0.25, 0.3) is 0 Å². The van der Waals surface area contributed by atoms with Gasteiger partial charge in [0.05, 0.1) is 13.3 Å². The largest absolute Gasteiger partial charge is 0.497 e. The molecule has 0 fully saturated rings. The van der Waals surface area contributed by atoms with Crippen molar-refractivity contribution < 1.29 is 4.74 Å². The van der Waals surface area contributed by atoms with Crippen LogP contribution in [0.3, 0.4) is 0 Å². The van der Waals surface area contributed by atoms with E-state index in [-0.39, 0.29) is 0 Å². The number of ether oxygens (including phenoxy) is 1. The summed E-state index contributed by atoms with van der Waals surface area (Å²) >= 11 is 0. The maximum atomic E-state index is 5.10. The lowest BCUT2D eigenvalue weighted by molar-refractivity contribution is 0.415. The second-order valence-corrected chi connectivity index (χ2v) is 3.95. The highest BCUT2D eigenvalue weighted by Gasteiger charge is 2.01. The predicted molar refractivity (Wildman–Crippen MR) is 74.9 cm³/mol. The van der Waals surface area contributed by atoms with Gasteiger partial charge in [-0.1, -0.05) is 6.92 Å². The van der Waals surface area contributed by atoms with Gasteiger partial charge in [-0.05, 0) is 30.7 Å². The van der Waals surface area contributed by atoms with E-state index >= 15 is 0 Å². The Kier molecular flexibility index (Phi) is 4.49. The SMILES string of the molecule is CCCNc1cnnc(Nc2ccc(OC)cc2)n1. The fourth-order valence-corrected chi connectivity index (χ4v) is 1.50. The minimum atomic E-state index is 0.464. The molecule has 2 aromatic rings. The summed E-state index contributed by atoms with van der Waals surface area (Å²) in [5.41, 5.74) is 0.884. The van der Waals surface area contributed by atoms with Gasteiger partial charge in [0.25, 0.3) is 0 Å². The molecule has 2 rings (SSSR count). The van der Waals surface area contributed by atoms with E-state index in [0.29, 0.717) is 11.8 Å². The van der Waals surface area contributed by atoms with Gasteiger partial charge in [-0.2, -0.15) is 10.1 Å². The maximum absolute atomic E-state index is 5.10. The molecule has 0 saturated heterocycles. The van der Waals surface area contributed by atoms with Crippen molar-refractivity contribution in [2.75, 3.05) is 24.3 Å². The summed E-state index contributed by atoms with van der Waals surface area (Å²) in [6.45, 7) is 2.96. The second kappa shape index (κ2) is 6.53. The first kappa shape index (κ1) is 13.1. The first-order chi connectivity index (χ1) is 9.31. The summed E-state index contributed by atoms with van der Waals surface area (Å²) in [4.78, 5) is 4.32. The van der Waals surface area contributed by atoms with Crippen LogP contribution in [0.2, 0.25) is 0 Å². The van der Waals surface area contributed by atoms with Gasteiger partial charge in [-0.25, -0.2) is 0 Å². The molecule has 1 heterocycles. The Hall–Kier alpha value is -2.37. The first-order valence-electron chi connectivity index (χ1n) is 6.16. The molecule has 0 bridgehead atoms. The number of nitrogens with one attached hydrogen (secondary N) is 2. The van der Waals surface area contributed by atoms with Crippen molar-refractivity contribution in [1.29, 1.82) is 0 Å². The van der Waals surface area contributed by atoms with Crippen LogP contribution >= 0.6 is 0 Å². The molecule has 6 nitrogen and oxygen atoms in total. The molecule has 2 N–H and O–H groups in total. The number of benzene rings is 1. The van der Waals surface area contributed by atoms with Crippen LogP contribution < -0.4 is 15.4 Å². The molecule has 6 heteroatoms. The molecular formula is C13H17N5O. The fraction of sp³-hybridized carbons (Fsp3) is 0.308. The Morgan fingerprint density at radius 1 is 1.21 bits per heavy atom. The molecule has 100 valence electrons. The summed E-state index contributed by atoms with van der Waals surface area (Å²) in [5, 5.41) is 14.1. The van der Waals surface area contributed by atoms with Gasteiger partial charge < -0.3 is 15.4 Å². The van der Waals surface area contributed by atoms with Gasteiger partial charge in [0, 0.05) is 12.2 Å². The van der Waals surface area contributed by atoms with Crippen LogP contribution in [0.4, 0.5) is 17.5 Å². The molecule has 0 aliphatic carbocycles. The van der Waals surface area contributed by atoms with Crippen LogP contribution in [0.15, 0.2) is 30.5 Å². The topological polar surface area (TPSA) is 72.0 Å². The summed E-state index contributed by atoms with van der Waals surface area (Å²) in [5.74, 6) is 1.99. The molecular weight excluding hydrogens is 242 g/mol. The van der Waals surface area contributed by atoms with Crippen LogP contribution in [0.5, 0.6) is 5.75 Å². The van der Waals surface area contributed by atoms with Crippen molar-refractivity contribution in [3.05, 3.63) is 30.5 Å². The van der Waals surface area contributed by atoms with Gasteiger partial charge in [0.15, 0.2) is 5.82 Å². The Morgan fingerprint density at radius 3 is 2.68 bits per heavy atom. The summed E-state index contributed by atoms with van der Waals surface area (Å²) in [6.07, 6.45) is 2.64. The summed E-state index contributed by atoms with van der Waals surface area (Å²) in [6, 6.07) is 7.53. The molecule has 1 aromatic carbocycles. The van der Waals surface area contributed by atoms with Crippen LogP contribution in [-0.2, 0) is 0 Å². The lowest BCUT2D eigenvalue weighted by Crippen LogP contribution is -2.06. The van der Waals surface area contributed by atoms with Crippen molar-refractivity contribution in [1.82, 2.24) is 15.2 Å². The van der Waals surface area contributed by atoms with Crippen LogP contribution in [0, 0.1) is 0 Å². The second-order valence-electron chi connectivity index (χ2n) is 3.95. The van der Waals surface area contributed by atoms with Crippen LogP contribution in [0.1, 0.15) is 13.3 Å². The summed E-state index contributed by atoms with van der Waals surface area (Å²) in [7, 11) is 1.64. The predicted octanol–water partition coefficient (Wildman–Crippen LogP) is 2.45. The van der Waals surface area contributed by atoms with E-state index in [1.54, 1.807) is 13.3 Å². The van der Waals surface area contributed by atoms with Crippen molar-refractivity contribution in [2.45, 2.75) is 13.3 Å². The molecule has 0 radical (unpaired) electrons. The average molecular weight is 259 g/mol. The minimum absolute atomic E-state index is 0.464. The number of hydrogen-bond donors (Lipinski definition) is 2. The zero-order valence-electron chi connectivity index (χ0n) is 11.1. The van der Waals surface area contributed by atoms with E-state index < -0.39 is 0 Å². The molecule has 0 unspecified atom stereocenters. The van der Waals surface area contributed by atoms with Gasteiger partial charge in [-0.15, -0.1) is 5.10 Å². The zero-order chi connectivity index (χ0) is 13.5. The standard InChI is InChI=1S/C13H17N5O/c1-3-8-14-12-9-15-18-13(17-12)16-10-4-6-11(19-2)7-5-10/h4-7,9H,3,8H2,1-2H3,(H2,14,16,17,18). The average Bonchev–Trinajstić information content (AvgIpc) is 2.46. The Balaban J connectivity index is 2.05. The van der Waals surface area contributed by atoms with Crippen molar-refractivity contribution >= 4 is 17.5 Å². The number of hydrogen-bond acceptors (Lipinski definition) is 6. The molecule has 1 aromatic heterocycles. The Bertz CT molecular complexity index is 515. The maximum Gasteiger partial charge on any atom is 0.249 e. The number of anilines is 3. The molecule has 0 atom stereocenters. The van der Waals surface area contributed by atoms with E-state index in [2.05, 4.69) is 32.7 Å². The number of methoxy groups -OCH3 is 1. The van der Waals surface area contributed by atoms with Gasteiger partial charge in [0.1, 0.15) is 5.75 Å². The minimum Gasteiger partial charge on any atom is -0.497 e.